The number of aromatic hydroxyl groups is 1. The van der Waals surface area contributed by atoms with Crippen molar-refractivity contribution in [2.24, 2.45) is 14.1 Å². The van der Waals surface area contributed by atoms with E-state index < -0.39 is 11.7 Å². The molecule has 0 fully saturated rings. The predicted octanol–water partition coefficient (Wildman–Crippen LogP) is 2.27. The number of benzene rings is 2. The van der Waals surface area contributed by atoms with Gasteiger partial charge in [0, 0.05) is 20.3 Å². The second kappa shape index (κ2) is 6.94. The van der Waals surface area contributed by atoms with E-state index in [-0.39, 0.29) is 22.8 Å². The topological polar surface area (TPSA) is 99.7 Å². The number of anilines is 1. The van der Waals surface area contributed by atoms with Crippen LogP contribution in [0.1, 0.15) is 17.3 Å². The Morgan fingerprint density at radius 1 is 1.00 bits per heavy atom. The monoisotopic (exact) mass is 434 g/mol. The maximum atomic E-state index is 13.0. The summed E-state index contributed by atoms with van der Waals surface area (Å²) in [5.74, 6) is 0.413. The summed E-state index contributed by atoms with van der Waals surface area (Å²) in [5.41, 5.74) is 2.96. The third kappa shape index (κ3) is 2.57. The first kappa shape index (κ1) is 19.8. The van der Waals surface area contributed by atoms with Crippen molar-refractivity contribution in [2.75, 3.05) is 19.5 Å². The van der Waals surface area contributed by atoms with E-state index in [1.165, 1.54) is 25.8 Å². The van der Waals surface area contributed by atoms with Crippen molar-refractivity contribution < 1.29 is 14.6 Å². The average Bonchev–Trinajstić information content (AvgIpc) is 3.22. The zero-order valence-electron chi connectivity index (χ0n) is 18.0. The van der Waals surface area contributed by atoms with Gasteiger partial charge < -0.3 is 24.5 Å². The number of hydrogen-bond acceptors (Lipinski definition) is 6. The first-order valence-corrected chi connectivity index (χ1v) is 9.99. The highest BCUT2D eigenvalue weighted by Crippen LogP contribution is 2.44. The minimum Gasteiger partial charge on any atom is -0.502 e. The van der Waals surface area contributed by atoms with E-state index >= 15 is 0 Å². The minimum absolute atomic E-state index is 0.100. The Bertz CT molecular complexity index is 1490. The molecule has 0 aliphatic carbocycles. The van der Waals surface area contributed by atoms with Gasteiger partial charge in [0.25, 0.3) is 5.56 Å². The summed E-state index contributed by atoms with van der Waals surface area (Å²) in [4.78, 5) is 25.7. The van der Waals surface area contributed by atoms with Crippen LogP contribution >= 0.6 is 0 Å². The van der Waals surface area contributed by atoms with E-state index in [1.807, 2.05) is 28.8 Å². The van der Waals surface area contributed by atoms with Crippen molar-refractivity contribution >= 4 is 16.6 Å². The van der Waals surface area contributed by atoms with Gasteiger partial charge >= 0.3 is 5.69 Å². The molecule has 9 nitrogen and oxygen atoms in total. The third-order valence-corrected chi connectivity index (χ3v) is 6.03. The fourth-order valence-electron chi connectivity index (χ4n) is 4.44. The van der Waals surface area contributed by atoms with Crippen LogP contribution in [0.4, 0.5) is 5.69 Å². The number of methoxy groups -OCH3 is 2. The van der Waals surface area contributed by atoms with Gasteiger partial charge in [-0.25, -0.2) is 4.79 Å². The summed E-state index contributed by atoms with van der Waals surface area (Å²) in [6, 6.07) is 10.7. The van der Waals surface area contributed by atoms with Gasteiger partial charge in [-0.2, -0.15) is 0 Å². The quantitative estimate of drug-likeness (QED) is 0.513. The maximum absolute atomic E-state index is 13.0. The first-order valence-electron chi connectivity index (χ1n) is 9.99. The van der Waals surface area contributed by atoms with Gasteiger partial charge in [-0.1, -0.05) is 12.1 Å². The molecule has 0 saturated carbocycles. The lowest BCUT2D eigenvalue weighted by Gasteiger charge is -2.30. The Balaban J connectivity index is 1.90. The number of fused-ring (bicyclic) bond motifs is 5. The van der Waals surface area contributed by atoms with E-state index in [0.717, 1.165) is 27.2 Å². The zero-order valence-corrected chi connectivity index (χ0v) is 18.0. The van der Waals surface area contributed by atoms with Crippen LogP contribution in [0.5, 0.6) is 17.2 Å². The molecule has 32 heavy (non-hydrogen) atoms. The third-order valence-electron chi connectivity index (χ3n) is 6.03. The van der Waals surface area contributed by atoms with E-state index in [9.17, 15) is 14.7 Å². The first-order chi connectivity index (χ1) is 15.4. The molecule has 164 valence electrons. The smallest absolute Gasteiger partial charge is 0.331 e. The fraction of sp³-hybridized carbons (Fsp3) is 0.217. The van der Waals surface area contributed by atoms with Crippen LogP contribution in [-0.4, -0.2) is 33.0 Å². The summed E-state index contributed by atoms with van der Waals surface area (Å²) in [7, 11) is 6.06. The van der Waals surface area contributed by atoms with Crippen molar-refractivity contribution in [2.45, 2.75) is 6.04 Å². The van der Waals surface area contributed by atoms with E-state index in [4.69, 9.17) is 9.47 Å². The fourth-order valence-corrected chi connectivity index (χ4v) is 4.44. The number of phenols is 1. The van der Waals surface area contributed by atoms with Crippen molar-refractivity contribution in [3.8, 4) is 22.9 Å². The Morgan fingerprint density at radius 2 is 1.66 bits per heavy atom. The highest BCUT2D eigenvalue weighted by Gasteiger charge is 2.32. The molecule has 1 aliphatic heterocycles. The predicted molar refractivity (Wildman–Crippen MR) is 120 cm³/mol. The lowest BCUT2D eigenvalue weighted by molar-refractivity contribution is 0.339. The van der Waals surface area contributed by atoms with Crippen molar-refractivity contribution in [3.63, 3.8) is 0 Å². The number of aryl methyl sites for hydroxylation is 1. The van der Waals surface area contributed by atoms with Crippen LogP contribution in [0.2, 0.25) is 0 Å². The molecular formula is C23H22N4O5. The van der Waals surface area contributed by atoms with Gasteiger partial charge in [0.2, 0.25) is 5.75 Å². The number of ether oxygens (including phenoxy) is 2. The Hall–Kier alpha value is -4.14. The number of phenolic OH excluding ortho intramolecular Hbond substituents is 1. The molecule has 2 aromatic heterocycles. The molecule has 0 bridgehead atoms. The number of hydrogen-bond donors (Lipinski definition) is 2. The number of para-hydroxylation sites is 2. The number of nitrogens with zero attached hydrogens (tertiary/aromatic N) is 3. The highest BCUT2D eigenvalue weighted by molar-refractivity contribution is 5.86. The van der Waals surface area contributed by atoms with Gasteiger partial charge in [-0.15, -0.1) is 0 Å². The van der Waals surface area contributed by atoms with Crippen LogP contribution < -0.4 is 26.0 Å². The summed E-state index contributed by atoms with van der Waals surface area (Å²) in [5, 5.41) is 14.3. The number of nitrogens with one attached hydrogen (secondary N) is 1. The number of aromatic nitrogens is 3. The van der Waals surface area contributed by atoms with Crippen molar-refractivity contribution in [1.29, 1.82) is 0 Å². The van der Waals surface area contributed by atoms with Crippen LogP contribution in [0.15, 0.2) is 52.2 Å². The second-order valence-corrected chi connectivity index (χ2v) is 7.72. The molecule has 1 atom stereocenters. The van der Waals surface area contributed by atoms with Gasteiger partial charge in [-0.05, 0) is 29.8 Å². The van der Waals surface area contributed by atoms with Crippen LogP contribution in [-0.2, 0) is 14.1 Å². The van der Waals surface area contributed by atoms with Crippen LogP contribution in [0, 0.1) is 0 Å². The molecule has 0 amide bonds. The average molecular weight is 434 g/mol. The molecule has 0 spiro atoms. The van der Waals surface area contributed by atoms with Crippen LogP contribution in [0.3, 0.4) is 0 Å². The number of rotatable bonds is 3. The second-order valence-electron chi connectivity index (χ2n) is 7.72. The lowest BCUT2D eigenvalue weighted by atomic mass is 9.98. The molecule has 9 heteroatoms. The molecule has 0 saturated heterocycles. The van der Waals surface area contributed by atoms with Crippen molar-refractivity contribution in [1.82, 2.24) is 13.7 Å². The van der Waals surface area contributed by atoms with E-state index in [2.05, 4.69) is 5.32 Å². The molecule has 3 heterocycles. The van der Waals surface area contributed by atoms with E-state index in [1.54, 1.807) is 25.4 Å². The maximum Gasteiger partial charge on any atom is 0.331 e. The summed E-state index contributed by atoms with van der Waals surface area (Å²) in [6.45, 7) is 0. The molecule has 5 rings (SSSR count). The largest absolute Gasteiger partial charge is 0.502 e. The highest BCUT2D eigenvalue weighted by atomic mass is 16.5. The Labute approximate surface area is 182 Å². The minimum atomic E-state index is -0.455. The zero-order chi connectivity index (χ0) is 22.7. The summed E-state index contributed by atoms with van der Waals surface area (Å²) >= 11 is 0. The van der Waals surface area contributed by atoms with E-state index in [0.29, 0.717) is 10.9 Å². The SMILES string of the molecule is COc1cc([C@H]2Nc3ccccc3-n3cc4c(=O)n(C)c(=O)n(C)c4c32)cc(OC)c1O. The van der Waals surface area contributed by atoms with Gasteiger partial charge in [0.1, 0.15) is 0 Å². The van der Waals surface area contributed by atoms with Gasteiger partial charge in [0.05, 0.1) is 48.2 Å². The molecule has 2 aromatic carbocycles. The molecule has 4 aromatic rings. The standard InChI is InChI=1S/C23H22N4O5/c1-25-19-13(22(29)26(2)23(25)30)11-27-15-8-6-5-7-14(15)24-18(20(19)27)12-9-16(31-3)21(28)17(10-12)32-4/h5-11,18,24,28H,1-4H3/t18-/m1/s1. The summed E-state index contributed by atoms with van der Waals surface area (Å²) < 4.78 is 15.2. The molecule has 1 aliphatic rings. The molecule has 0 unspecified atom stereocenters. The summed E-state index contributed by atoms with van der Waals surface area (Å²) in [6.07, 6.45) is 1.77. The van der Waals surface area contributed by atoms with Gasteiger partial charge in [0.15, 0.2) is 11.5 Å². The molecular weight excluding hydrogens is 412 g/mol. The molecule has 2 N–H and O–H groups in total. The lowest BCUT2D eigenvalue weighted by Crippen LogP contribution is -2.37. The Kier molecular flexibility index (Phi) is 4.30. The Morgan fingerprint density at radius 3 is 2.31 bits per heavy atom. The van der Waals surface area contributed by atoms with Gasteiger partial charge in [-0.3, -0.25) is 13.9 Å². The van der Waals surface area contributed by atoms with Crippen molar-refractivity contribution in [3.05, 3.63) is 74.7 Å². The normalized spacial score (nSPS) is 14.6. The molecule has 0 radical (unpaired) electrons. The van der Waals surface area contributed by atoms with Crippen LogP contribution in [0.25, 0.3) is 16.6 Å².